The van der Waals surface area contributed by atoms with E-state index in [1.807, 2.05) is 0 Å². The Kier molecular flexibility index (Phi) is 5.61. The summed E-state index contributed by atoms with van der Waals surface area (Å²) in [6.07, 6.45) is -10.5. The number of nitrogens with one attached hydrogen (secondary N) is 1. The molecular formula is C13H14F7N. The maximum atomic E-state index is 13.6. The number of benzene rings is 1. The van der Waals surface area contributed by atoms with Gasteiger partial charge in [-0.25, -0.2) is 4.39 Å². The molecule has 0 radical (unpaired) electrons. The monoisotopic (exact) mass is 317 g/mol. The van der Waals surface area contributed by atoms with Crippen LogP contribution in [0.5, 0.6) is 0 Å². The Bertz CT molecular complexity index is 465. The standard InChI is InChI=1S/C13H14F7N/c1-21-11(3-2-6-12(15,16)17)9-7-8(13(18,19)20)4-5-10(9)14/h4-5,7,11,21H,2-3,6H2,1H3. The Hall–Kier alpha value is -1.31. The number of hydrogen-bond acceptors (Lipinski definition) is 1. The zero-order valence-corrected chi connectivity index (χ0v) is 11.1. The van der Waals surface area contributed by atoms with Gasteiger partial charge in [0.25, 0.3) is 0 Å². The average molecular weight is 317 g/mol. The molecule has 0 amide bonds. The van der Waals surface area contributed by atoms with E-state index in [0.717, 1.165) is 0 Å². The molecule has 1 nitrogen and oxygen atoms in total. The second-order valence-electron chi connectivity index (χ2n) is 4.58. The van der Waals surface area contributed by atoms with Crippen molar-refractivity contribution in [2.24, 2.45) is 0 Å². The zero-order chi connectivity index (χ0) is 16.3. The van der Waals surface area contributed by atoms with E-state index in [1.54, 1.807) is 0 Å². The van der Waals surface area contributed by atoms with Crippen molar-refractivity contribution < 1.29 is 30.7 Å². The van der Waals surface area contributed by atoms with Crippen LogP contribution in [0.2, 0.25) is 0 Å². The molecular weight excluding hydrogens is 303 g/mol. The molecule has 0 saturated carbocycles. The van der Waals surface area contributed by atoms with Crippen LogP contribution < -0.4 is 5.32 Å². The van der Waals surface area contributed by atoms with Crippen LogP contribution in [0, 0.1) is 5.82 Å². The van der Waals surface area contributed by atoms with Crippen molar-refractivity contribution in [2.45, 2.75) is 37.7 Å². The van der Waals surface area contributed by atoms with Gasteiger partial charge in [-0.1, -0.05) is 0 Å². The zero-order valence-electron chi connectivity index (χ0n) is 11.1. The van der Waals surface area contributed by atoms with Gasteiger partial charge in [-0.15, -0.1) is 0 Å². The van der Waals surface area contributed by atoms with Gasteiger partial charge in [-0.05, 0) is 38.1 Å². The van der Waals surface area contributed by atoms with Crippen LogP contribution in [0.4, 0.5) is 30.7 Å². The fourth-order valence-electron chi connectivity index (χ4n) is 1.95. The third kappa shape index (κ3) is 5.53. The molecule has 0 aliphatic rings. The van der Waals surface area contributed by atoms with Crippen LogP contribution >= 0.6 is 0 Å². The van der Waals surface area contributed by atoms with Crippen LogP contribution in [0.1, 0.15) is 36.4 Å². The Balaban J connectivity index is 2.89. The molecule has 1 aromatic carbocycles. The molecule has 1 unspecified atom stereocenters. The van der Waals surface area contributed by atoms with Gasteiger partial charge in [0.2, 0.25) is 0 Å². The summed E-state index contributed by atoms with van der Waals surface area (Å²) in [5.74, 6) is -0.880. The molecule has 1 atom stereocenters. The predicted molar refractivity (Wildman–Crippen MR) is 63.1 cm³/mol. The van der Waals surface area contributed by atoms with E-state index in [2.05, 4.69) is 5.32 Å². The summed E-state index contributed by atoms with van der Waals surface area (Å²) in [5.41, 5.74) is -1.32. The number of halogens is 7. The van der Waals surface area contributed by atoms with Crippen molar-refractivity contribution in [3.63, 3.8) is 0 Å². The maximum Gasteiger partial charge on any atom is 0.416 e. The van der Waals surface area contributed by atoms with Gasteiger partial charge in [-0.2, -0.15) is 26.3 Å². The summed E-state index contributed by atoms with van der Waals surface area (Å²) >= 11 is 0. The summed E-state index contributed by atoms with van der Waals surface area (Å²) in [7, 11) is 1.36. The van der Waals surface area contributed by atoms with E-state index in [1.165, 1.54) is 7.05 Å². The van der Waals surface area contributed by atoms with Gasteiger partial charge < -0.3 is 5.32 Å². The van der Waals surface area contributed by atoms with Gasteiger partial charge >= 0.3 is 12.4 Å². The Labute approximate surface area is 117 Å². The Morgan fingerprint density at radius 3 is 2.19 bits per heavy atom. The fourth-order valence-corrected chi connectivity index (χ4v) is 1.95. The minimum Gasteiger partial charge on any atom is -0.313 e. The summed E-state index contributed by atoms with van der Waals surface area (Å²) in [5, 5.41) is 2.55. The van der Waals surface area contributed by atoms with Gasteiger partial charge in [0.15, 0.2) is 0 Å². The highest BCUT2D eigenvalue weighted by Gasteiger charge is 2.32. The predicted octanol–water partition coefficient (Wildman–Crippen LogP) is 4.84. The third-order valence-electron chi connectivity index (χ3n) is 3.00. The molecule has 0 aliphatic carbocycles. The van der Waals surface area contributed by atoms with Crippen LogP contribution in [0.25, 0.3) is 0 Å². The highest BCUT2D eigenvalue weighted by molar-refractivity contribution is 5.29. The minimum atomic E-state index is -4.63. The second-order valence-corrected chi connectivity index (χ2v) is 4.58. The minimum absolute atomic E-state index is 0.117. The van der Waals surface area contributed by atoms with Gasteiger partial charge in [0.05, 0.1) is 5.56 Å². The summed E-state index contributed by atoms with van der Waals surface area (Å²) in [6.45, 7) is 0. The summed E-state index contributed by atoms with van der Waals surface area (Å²) in [6, 6.07) is 0.993. The van der Waals surface area contributed by atoms with Gasteiger partial charge in [0, 0.05) is 18.0 Å². The Morgan fingerprint density at radius 1 is 1.10 bits per heavy atom. The number of hydrogen-bond donors (Lipinski definition) is 1. The molecule has 0 spiro atoms. The highest BCUT2D eigenvalue weighted by Crippen LogP contribution is 2.33. The second kappa shape index (κ2) is 6.64. The van der Waals surface area contributed by atoms with Crippen LogP contribution in [-0.2, 0) is 6.18 Å². The average Bonchev–Trinajstić information content (AvgIpc) is 2.33. The molecule has 0 aromatic heterocycles. The SMILES string of the molecule is CNC(CCCC(F)(F)F)c1cc(C(F)(F)F)ccc1F. The van der Waals surface area contributed by atoms with Crippen LogP contribution in [0.3, 0.4) is 0 Å². The first-order valence-corrected chi connectivity index (χ1v) is 6.15. The van der Waals surface area contributed by atoms with Crippen molar-refractivity contribution in [3.05, 3.63) is 35.1 Å². The van der Waals surface area contributed by atoms with Gasteiger partial charge in [-0.3, -0.25) is 0 Å². The lowest BCUT2D eigenvalue weighted by molar-refractivity contribution is -0.137. The molecule has 21 heavy (non-hydrogen) atoms. The summed E-state index contributed by atoms with van der Waals surface area (Å²) in [4.78, 5) is 0. The quantitative estimate of drug-likeness (QED) is 0.767. The van der Waals surface area contributed by atoms with E-state index in [4.69, 9.17) is 0 Å². The topological polar surface area (TPSA) is 12.0 Å². The lowest BCUT2D eigenvalue weighted by Gasteiger charge is -2.19. The van der Waals surface area contributed by atoms with Crippen LogP contribution in [0.15, 0.2) is 18.2 Å². The first-order valence-electron chi connectivity index (χ1n) is 6.15. The van der Waals surface area contributed by atoms with Gasteiger partial charge in [0.1, 0.15) is 5.82 Å². The van der Waals surface area contributed by atoms with E-state index in [0.29, 0.717) is 18.2 Å². The Morgan fingerprint density at radius 2 is 1.71 bits per heavy atom. The first-order chi connectivity index (χ1) is 9.54. The molecule has 0 bridgehead atoms. The van der Waals surface area contributed by atoms with E-state index < -0.39 is 36.2 Å². The van der Waals surface area contributed by atoms with E-state index in [9.17, 15) is 30.7 Å². The van der Waals surface area contributed by atoms with Crippen molar-refractivity contribution in [1.29, 1.82) is 0 Å². The smallest absolute Gasteiger partial charge is 0.313 e. The van der Waals surface area contributed by atoms with Crippen molar-refractivity contribution >= 4 is 0 Å². The van der Waals surface area contributed by atoms with Crippen molar-refractivity contribution in [3.8, 4) is 0 Å². The molecule has 1 aromatic rings. The molecule has 0 saturated heterocycles. The van der Waals surface area contributed by atoms with Crippen molar-refractivity contribution in [1.82, 2.24) is 5.32 Å². The number of rotatable bonds is 5. The van der Waals surface area contributed by atoms with E-state index in [-0.39, 0.29) is 18.4 Å². The molecule has 1 N–H and O–H groups in total. The number of alkyl halides is 6. The highest BCUT2D eigenvalue weighted by atomic mass is 19.4. The molecule has 0 aliphatic heterocycles. The largest absolute Gasteiger partial charge is 0.416 e. The lowest BCUT2D eigenvalue weighted by atomic mass is 9.98. The maximum absolute atomic E-state index is 13.6. The van der Waals surface area contributed by atoms with E-state index >= 15 is 0 Å². The fraction of sp³-hybridized carbons (Fsp3) is 0.538. The molecule has 120 valence electrons. The van der Waals surface area contributed by atoms with Crippen molar-refractivity contribution in [2.75, 3.05) is 7.05 Å². The summed E-state index contributed by atoms with van der Waals surface area (Å²) < 4.78 is 87.6. The molecule has 0 heterocycles. The molecule has 1 rings (SSSR count). The lowest BCUT2D eigenvalue weighted by Crippen LogP contribution is -2.20. The first kappa shape index (κ1) is 17.7. The molecule has 0 fully saturated rings. The molecule has 8 heteroatoms. The normalized spacial score (nSPS) is 14.3. The van der Waals surface area contributed by atoms with Crippen LogP contribution in [-0.4, -0.2) is 13.2 Å². The third-order valence-corrected chi connectivity index (χ3v) is 3.00.